The molecule has 0 atom stereocenters. The van der Waals surface area contributed by atoms with Gasteiger partial charge in [-0.2, -0.15) is 0 Å². The lowest BCUT2D eigenvalue weighted by molar-refractivity contribution is 0.0945. The van der Waals surface area contributed by atoms with E-state index >= 15 is 0 Å². The first-order valence-electron chi connectivity index (χ1n) is 8.08. The number of carbonyl (C=O) groups is 1. The van der Waals surface area contributed by atoms with Crippen LogP contribution in [0.3, 0.4) is 0 Å². The third kappa shape index (κ3) is 4.54. The lowest BCUT2D eigenvalue weighted by Crippen LogP contribution is -2.24. The van der Waals surface area contributed by atoms with E-state index in [1.807, 2.05) is 36.4 Å². The molecular weight excluding hydrogens is 330 g/mol. The van der Waals surface area contributed by atoms with Crippen molar-refractivity contribution in [2.45, 2.75) is 13.5 Å². The van der Waals surface area contributed by atoms with Gasteiger partial charge in [0.05, 0.1) is 7.11 Å². The minimum atomic E-state index is -0.263. The molecule has 7 nitrogen and oxygen atoms in total. The van der Waals surface area contributed by atoms with Gasteiger partial charge in [0, 0.05) is 36.8 Å². The number of pyridine rings is 1. The first-order chi connectivity index (χ1) is 12.6. The second-order valence-electron chi connectivity index (χ2n) is 5.58. The van der Waals surface area contributed by atoms with Gasteiger partial charge in [0.1, 0.15) is 23.1 Å². The number of aryl methyl sites for hydroxylation is 1. The smallest absolute Gasteiger partial charge is 0.270 e. The van der Waals surface area contributed by atoms with Crippen molar-refractivity contribution in [3.8, 4) is 5.75 Å². The summed E-state index contributed by atoms with van der Waals surface area (Å²) in [5.41, 5.74) is 2.08. The first-order valence-corrected chi connectivity index (χ1v) is 8.08. The number of hydrogen-bond acceptors (Lipinski definition) is 6. The molecule has 0 saturated heterocycles. The largest absolute Gasteiger partial charge is 0.497 e. The highest BCUT2D eigenvalue weighted by atomic mass is 16.5. The van der Waals surface area contributed by atoms with Crippen LogP contribution in [0.25, 0.3) is 0 Å². The third-order valence-electron chi connectivity index (χ3n) is 3.62. The standard InChI is InChI=1S/C19H19N5O2/c1-13-22-17(19(25)21-12-14-6-8-20-9-7-14)11-18(23-13)24-15-4-3-5-16(10-15)26-2/h3-11H,12H2,1-2H3,(H,21,25)(H,22,23,24). The molecule has 2 heterocycles. The molecule has 26 heavy (non-hydrogen) atoms. The number of aromatic nitrogens is 3. The van der Waals surface area contributed by atoms with Gasteiger partial charge >= 0.3 is 0 Å². The van der Waals surface area contributed by atoms with E-state index in [9.17, 15) is 4.79 Å². The van der Waals surface area contributed by atoms with Crippen LogP contribution in [0.15, 0.2) is 54.9 Å². The first kappa shape index (κ1) is 17.3. The van der Waals surface area contributed by atoms with Gasteiger partial charge in [0.2, 0.25) is 0 Å². The van der Waals surface area contributed by atoms with Crippen LogP contribution in [0.2, 0.25) is 0 Å². The van der Waals surface area contributed by atoms with E-state index in [4.69, 9.17) is 4.74 Å². The molecule has 2 N–H and O–H groups in total. The Morgan fingerprint density at radius 1 is 1.12 bits per heavy atom. The number of methoxy groups -OCH3 is 1. The van der Waals surface area contributed by atoms with Gasteiger partial charge in [-0.25, -0.2) is 9.97 Å². The molecule has 2 aromatic heterocycles. The number of amides is 1. The maximum Gasteiger partial charge on any atom is 0.270 e. The van der Waals surface area contributed by atoms with Crippen molar-refractivity contribution in [3.05, 3.63) is 71.9 Å². The Hall–Kier alpha value is -3.48. The van der Waals surface area contributed by atoms with E-state index in [1.54, 1.807) is 32.5 Å². The summed E-state index contributed by atoms with van der Waals surface area (Å²) in [6, 6.07) is 12.8. The number of nitrogens with zero attached hydrogens (tertiary/aromatic N) is 3. The predicted octanol–water partition coefficient (Wildman–Crippen LogP) is 2.86. The summed E-state index contributed by atoms with van der Waals surface area (Å²) in [6.07, 6.45) is 3.37. The fourth-order valence-electron chi connectivity index (χ4n) is 2.37. The Kier molecular flexibility index (Phi) is 5.38. The Morgan fingerprint density at radius 3 is 2.69 bits per heavy atom. The summed E-state index contributed by atoms with van der Waals surface area (Å²) in [5, 5.41) is 6.02. The summed E-state index contributed by atoms with van der Waals surface area (Å²) in [4.78, 5) is 24.9. The zero-order valence-corrected chi connectivity index (χ0v) is 14.6. The van der Waals surface area contributed by atoms with Crippen molar-refractivity contribution in [1.29, 1.82) is 0 Å². The van der Waals surface area contributed by atoms with Gasteiger partial charge in [-0.15, -0.1) is 0 Å². The maximum absolute atomic E-state index is 12.4. The van der Waals surface area contributed by atoms with Crippen LogP contribution in [0.1, 0.15) is 21.9 Å². The quantitative estimate of drug-likeness (QED) is 0.711. The monoisotopic (exact) mass is 349 g/mol. The number of carbonyl (C=O) groups excluding carboxylic acids is 1. The second-order valence-corrected chi connectivity index (χ2v) is 5.58. The minimum absolute atomic E-state index is 0.263. The summed E-state index contributed by atoms with van der Waals surface area (Å²) in [6.45, 7) is 2.15. The van der Waals surface area contributed by atoms with Gasteiger partial charge in [-0.1, -0.05) is 6.07 Å². The molecule has 0 aliphatic carbocycles. The van der Waals surface area contributed by atoms with E-state index < -0.39 is 0 Å². The van der Waals surface area contributed by atoms with E-state index in [0.29, 0.717) is 23.9 Å². The molecule has 0 fully saturated rings. The highest BCUT2D eigenvalue weighted by molar-refractivity contribution is 5.93. The zero-order valence-electron chi connectivity index (χ0n) is 14.6. The molecule has 1 aromatic carbocycles. The molecule has 7 heteroatoms. The highest BCUT2D eigenvalue weighted by Gasteiger charge is 2.11. The lowest BCUT2D eigenvalue weighted by atomic mass is 10.2. The SMILES string of the molecule is COc1cccc(Nc2cc(C(=O)NCc3ccncc3)nc(C)n2)c1. The third-order valence-corrected chi connectivity index (χ3v) is 3.62. The van der Waals surface area contributed by atoms with Gasteiger partial charge in [-0.05, 0) is 36.8 Å². The fraction of sp³-hybridized carbons (Fsp3) is 0.158. The van der Waals surface area contributed by atoms with Crippen LogP contribution in [-0.4, -0.2) is 28.0 Å². The molecule has 0 unspecified atom stereocenters. The fourth-order valence-corrected chi connectivity index (χ4v) is 2.37. The van der Waals surface area contributed by atoms with Crippen LogP contribution in [-0.2, 0) is 6.54 Å². The van der Waals surface area contributed by atoms with E-state index in [0.717, 1.165) is 17.0 Å². The highest BCUT2D eigenvalue weighted by Crippen LogP contribution is 2.20. The predicted molar refractivity (Wildman–Crippen MR) is 98.5 cm³/mol. The molecule has 0 saturated carbocycles. The van der Waals surface area contributed by atoms with Crippen molar-refractivity contribution in [1.82, 2.24) is 20.3 Å². The van der Waals surface area contributed by atoms with Gasteiger partial charge in [0.15, 0.2) is 0 Å². The van der Waals surface area contributed by atoms with Crippen LogP contribution in [0, 0.1) is 6.92 Å². The molecule has 1 amide bonds. The summed E-state index contributed by atoms with van der Waals surface area (Å²) in [5.74, 6) is 1.52. The molecule has 0 spiro atoms. The second kappa shape index (κ2) is 8.06. The molecule has 3 aromatic rings. The number of hydrogen-bond donors (Lipinski definition) is 2. The summed E-state index contributed by atoms with van der Waals surface area (Å²) in [7, 11) is 1.61. The molecule has 132 valence electrons. The normalized spacial score (nSPS) is 10.2. The summed E-state index contributed by atoms with van der Waals surface area (Å²) < 4.78 is 5.21. The Bertz CT molecular complexity index is 899. The topological polar surface area (TPSA) is 89.0 Å². The van der Waals surface area contributed by atoms with Crippen molar-refractivity contribution >= 4 is 17.4 Å². The Morgan fingerprint density at radius 2 is 1.92 bits per heavy atom. The Labute approximate surface area is 151 Å². The van der Waals surface area contributed by atoms with Crippen molar-refractivity contribution in [2.75, 3.05) is 12.4 Å². The number of anilines is 2. The lowest BCUT2D eigenvalue weighted by Gasteiger charge is -2.10. The molecule has 0 aliphatic heterocycles. The summed E-state index contributed by atoms with van der Waals surface area (Å²) >= 11 is 0. The van der Waals surface area contributed by atoms with Crippen molar-refractivity contribution < 1.29 is 9.53 Å². The average Bonchev–Trinajstić information content (AvgIpc) is 2.66. The van der Waals surface area contributed by atoms with Crippen LogP contribution >= 0.6 is 0 Å². The number of ether oxygens (including phenoxy) is 1. The molecule has 0 aliphatic rings. The number of benzene rings is 1. The number of rotatable bonds is 6. The minimum Gasteiger partial charge on any atom is -0.497 e. The maximum atomic E-state index is 12.4. The van der Waals surface area contributed by atoms with Crippen molar-refractivity contribution in [3.63, 3.8) is 0 Å². The average molecular weight is 349 g/mol. The Balaban J connectivity index is 1.73. The molecular formula is C19H19N5O2. The zero-order chi connectivity index (χ0) is 18.4. The molecule has 0 radical (unpaired) electrons. The van der Waals surface area contributed by atoms with E-state index in [1.165, 1.54) is 0 Å². The van der Waals surface area contributed by atoms with Gasteiger partial charge < -0.3 is 15.4 Å². The van der Waals surface area contributed by atoms with E-state index in [-0.39, 0.29) is 5.91 Å². The number of nitrogens with one attached hydrogen (secondary N) is 2. The van der Waals surface area contributed by atoms with Crippen LogP contribution in [0.5, 0.6) is 5.75 Å². The van der Waals surface area contributed by atoms with Crippen molar-refractivity contribution in [2.24, 2.45) is 0 Å². The van der Waals surface area contributed by atoms with Crippen LogP contribution in [0.4, 0.5) is 11.5 Å². The van der Waals surface area contributed by atoms with Gasteiger partial charge in [0.25, 0.3) is 5.91 Å². The molecule has 0 bridgehead atoms. The van der Waals surface area contributed by atoms with E-state index in [2.05, 4.69) is 25.6 Å². The molecule has 3 rings (SSSR count). The van der Waals surface area contributed by atoms with Gasteiger partial charge in [-0.3, -0.25) is 9.78 Å². The van der Waals surface area contributed by atoms with Crippen LogP contribution < -0.4 is 15.4 Å².